The Labute approximate surface area is 152 Å². The van der Waals surface area contributed by atoms with Crippen LogP contribution in [0.1, 0.15) is 55.3 Å². The number of fused-ring (bicyclic) bond motifs is 1. The molecule has 136 valence electrons. The topological polar surface area (TPSA) is 29.5 Å². The third-order valence-corrected chi connectivity index (χ3v) is 5.92. The highest BCUT2D eigenvalue weighted by Crippen LogP contribution is 2.37. The second kappa shape index (κ2) is 7.04. The van der Waals surface area contributed by atoms with Crippen molar-refractivity contribution >= 4 is 27.3 Å². The minimum Gasteiger partial charge on any atom is -0.380 e. The lowest BCUT2D eigenvalue weighted by Gasteiger charge is -2.30. The molecule has 2 heterocycles. The quantitative estimate of drug-likeness (QED) is 0.744. The average Bonchev–Trinajstić information content (AvgIpc) is 3.11. The molecule has 3 rings (SSSR count). The number of methoxy groups -OCH3 is 1. The van der Waals surface area contributed by atoms with Gasteiger partial charge in [0, 0.05) is 35.3 Å². The Kier molecular flexibility index (Phi) is 5.16. The van der Waals surface area contributed by atoms with Crippen molar-refractivity contribution in [2.45, 2.75) is 52.7 Å². The van der Waals surface area contributed by atoms with Crippen molar-refractivity contribution in [1.82, 2.24) is 4.90 Å². The third kappa shape index (κ3) is 3.72. The monoisotopic (exact) mass is 363 g/mol. The predicted octanol–water partition coefficient (Wildman–Crippen LogP) is 5.23. The summed E-state index contributed by atoms with van der Waals surface area (Å²) in [6.45, 7) is 7.65. The molecule has 0 bridgehead atoms. The number of carbonyl (C=O) groups excluding carboxylic acids is 1. The van der Waals surface area contributed by atoms with E-state index in [9.17, 15) is 9.18 Å². The molecule has 1 aliphatic heterocycles. The number of hydrogen-bond donors (Lipinski definition) is 0. The Balaban J connectivity index is 1.99. The summed E-state index contributed by atoms with van der Waals surface area (Å²) in [5.74, 6) is -0.257. The van der Waals surface area contributed by atoms with Crippen LogP contribution in [0.2, 0.25) is 0 Å². The Morgan fingerprint density at radius 2 is 2.16 bits per heavy atom. The fourth-order valence-corrected chi connectivity index (χ4v) is 4.95. The van der Waals surface area contributed by atoms with Crippen LogP contribution in [0.5, 0.6) is 0 Å². The summed E-state index contributed by atoms with van der Waals surface area (Å²) in [6, 6.07) is 5.27. The third-order valence-electron chi connectivity index (χ3n) is 4.73. The van der Waals surface area contributed by atoms with E-state index in [1.165, 1.54) is 17.4 Å². The molecule has 1 saturated heterocycles. The van der Waals surface area contributed by atoms with Crippen LogP contribution in [-0.4, -0.2) is 30.5 Å². The highest BCUT2D eigenvalue weighted by Gasteiger charge is 2.34. The Morgan fingerprint density at radius 3 is 2.84 bits per heavy atom. The fourth-order valence-electron chi connectivity index (χ4n) is 3.77. The molecule has 2 aromatic rings. The summed E-state index contributed by atoms with van der Waals surface area (Å²) < 4.78 is 20.4. The second-order valence-electron chi connectivity index (χ2n) is 8.02. The maximum absolute atomic E-state index is 14.3. The molecule has 1 amide bonds. The van der Waals surface area contributed by atoms with Crippen molar-refractivity contribution in [3.63, 3.8) is 0 Å². The summed E-state index contributed by atoms with van der Waals surface area (Å²) in [5.41, 5.74) is 0.863. The zero-order valence-corrected chi connectivity index (χ0v) is 16.2. The van der Waals surface area contributed by atoms with Gasteiger partial charge in [0.1, 0.15) is 5.82 Å². The summed E-state index contributed by atoms with van der Waals surface area (Å²) in [6.07, 6.45) is 3.06. The van der Waals surface area contributed by atoms with Crippen LogP contribution in [0, 0.1) is 11.2 Å². The van der Waals surface area contributed by atoms with Crippen molar-refractivity contribution < 1.29 is 13.9 Å². The van der Waals surface area contributed by atoms with Gasteiger partial charge in [-0.1, -0.05) is 26.8 Å². The number of halogens is 1. The molecule has 1 aliphatic rings. The first-order valence-electron chi connectivity index (χ1n) is 8.81. The number of hydrogen-bond acceptors (Lipinski definition) is 3. The van der Waals surface area contributed by atoms with E-state index in [1.54, 1.807) is 13.2 Å². The number of nitrogens with zero attached hydrogens (tertiary/aromatic N) is 1. The van der Waals surface area contributed by atoms with Gasteiger partial charge in [0.25, 0.3) is 5.91 Å². The molecule has 25 heavy (non-hydrogen) atoms. The average molecular weight is 363 g/mol. The predicted molar refractivity (Wildman–Crippen MR) is 101 cm³/mol. The molecule has 0 spiro atoms. The summed E-state index contributed by atoms with van der Waals surface area (Å²) in [5, 5.41) is 0.532. The zero-order valence-electron chi connectivity index (χ0n) is 15.4. The van der Waals surface area contributed by atoms with Crippen LogP contribution in [0.15, 0.2) is 18.2 Å². The SMILES string of the molecule is COCc1c(C(=O)N2CCCC2CC(C)(C)C)sc2cccc(F)c12. The number of likely N-dealkylation sites (tertiary alicyclic amines) is 1. The van der Waals surface area contributed by atoms with Crippen LogP contribution in [0.25, 0.3) is 10.1 Å². The smallest absolute Gasteiger partial charge is 0.264 e. The Bertz CT molecular complexity index is 778. The van der Waals surface area contributed by atoms with Gasteiger partial charge in [-0.05, 0) is 36.8 Å². The van der Waals surface area contributed by atoms with E-state index < -0.39 is 0 Å². The van der Waals surface area contributed by atoms with Gasteiger partial charge in [0.2, 0.25) is 0 Å². The van der Waals surface area contributed by atoms with Gasteiger partial charge in [0.05, 0.1) is 11.5 Å². The lowest BCUT2D eigenvalue weighted by atomic mass is 9.87. The molecule has 1 unspecified atom stereocenters. The van der Waals surface area contributed by atoms with E-state index in [2.05, 4.69) is 20.8 Å². The lowest BCUT2D eigenvalue weighted by molar-refractivity contribution is 0.0705. The van der Waals surface area contributed by atoms with E-state index in [4.69, 9.17) is 4.74 Å². The first-order valence-corrected chi connectivity index (χ1v) is 9.63. The molecule has 0 aliphatic carbocycles. The Hall–Kier alpha value is -1.46. The maximum Gasteiger partial charge on any atom is 0.264 e. The van der Waals surface area contributed by atoms with Gasteiger partial charge >= 0.3 is 0 Å². The second-order valence-corrected chi connectivity index (χ2v) is 9.07. The molecule has 5 heteroatoms. The van der Waals surface area contributed by atoms with Crippen LogP contribution >= 0.6 is 11.3 Å². The minimum atomic E-state index is -0.285. The van der Waals surface area contributed by atoms with Crippen molar-refractivity contribution in [3.05, 3.63) is 34.5 Å². The van der Waals surface area contributed by atoms with Crippen LogP contribution in [-0.2, 0) is 11.3 Å². The standard InChI is InChI=1S/C20H26FNO2S/c1-20(2,3)11-13-7-6-10-22(13)19(23)18-14(12-24-4)17-15(21)8-5-9-16(17)25-18/h5,8-9,13H,6-7,10-12H2,1-4H3. The van der Waals surface area contributed by atoms with Crippen LogP contribution in [0.4, 0.5) is 4.39 Å². The summed E-state index contributed by atoms with van der Waals surface area (Å²) >= 11 is 1.38. The molecular weight excluding hydrogens is 337 g/mol. The maximum atomic E-state index is 14.3. The zero-order chi connectivity index (χ0) is 18.2. The van der Waals surface area contributed by atoms with E-state index in [0.29, 0.717) is 15.8 Å². The molecule has 1 aromatic carbocycles. The molecule has 0 N–H and O–H groups in total. The van der Waals surface area contributed by atoms with Crippen molar-refractivity contribution in [2.75, 3.05) is 13.7 Å². The number of benzene rings is 1. The van der Waals surface area contributed by atoms with E-state index in [0.717, 1.165) is 30.5 Å². The Morgan fingerprint density at radius 1 is 1.40 bits per heavy atom. The van der Waals surface area contributed by atoms with Crippen LogP contribution in [0.3, 0.4) is 0 Å². The highest BCUT2D eigenvalue weighted by molar-refractivity contribution is 7.21. The number of thiophene rings is 1. The number of ether oxygens (including phenoxy) is 1. The lowest BCUT2D eigenvalue weighted by Crippen LogP contribution is -2.37. The van der Waals surface area contributed by atoms with E-state index in [1.807, 2.05) is 11.0 Å². The van der Waals surface area contributed by atoms with Gasteiger partial charge in [-0.2, -0.15) is 0 Å². The first kappa shape index (κ1) is 18.3. The van der Waals surface area contributed by atoms with Crippen molar-refractivity contribution in [1.29, 1.82) is 0 Å². The molecular formula is C20H26FNO2S. The summed E-state index contributed by atoms with van der Waals surface area (Å²) in [4.78, 5) is 15.9. The van der Waals surface area contributed by atoms with Crippen molar-refractivity contribution in [3.8, 4) is 0 Å². The van der Waals surface area contributed by atoms with Crippen molar-refractivity contribution in [2.24, 2.45) is 5.41 Å². The van der Waals surface area contributed by atoms with E-state index in [-0.39, 0.29) is 29.8 Å². The van der Waals surface area contributed by atoms with Gasteiger partial charge in [-0.15, -0.1) is 11.3 Å². The first-order chi connectivity index (χ1) is 11.8. The summed E-state index contributed by atoms with van der Waals surface area (Å²) in [7, 11) is 1.58. The van der Waals surface area contributed by atoms with Crippen LogP contribution < -0.4 is 0 Å². The number of carbonyl (C=O) groups is 1. The fraction of sp³-hybridized carbons (Fsp3) is 0.550. The molecule has 3 nitrogen and oxygen atoms in total. The number of rotatable bonds is 4. The minimum absolute atomic E-state index is 0.0272. The van der Waals surface area contributed by atoms with Gasteiger partial charge in [-0.3, -0.25) is 4.79 Å². The molecule has 0 radical (unpaired) electrons. The normalized spacial score (nSPS) is 18.3. The van der Waals surface area contributed by atoms with Gasteiger partial charge < -0.3 is 9.64 Å². The number of amides is 1. The van der Waals surface area contributed by atoms with E-state index >= 15 is 0 Å². The molecule has 1 aromatic heterocycles. The molecule has 1 atom stereocenters. The molecule has 0 saturated carbocycles. The largest absolute Gasteiger partial charge is 0.380 e. The highest BCUT2D eigenvalue weighted by atomic mass is 32.1. The molecule has 1 fully saturated rings. The van der Waals surface area contributed by atoms with Gasteiger partial charge in [-0.25, -0.2) is 4.39 Å². The van der Waals surface area contributed by atoms with Gasteiger partial charge in [0.15, 0.2) is 0 Å².